The third-order valence-electron chi connectivity index (χ3n) is 2.86. The third kappa shape index (κ3) is 5.67. The van der Waals surface area contributed by atoms with Crippen LogP contribution in [0.2, 0.25) is 0 Å². The molecule has 6 heteroatoms. The number of amides is 1. The van der Waals surface area contributed by atoms with Gasteiger partial charge in [-0.15, -0.1) is 0 Å². The lowest BCUT2D eigenvalue weighted by molar-refractivity contribution is 0.0939. The predicted molar refractivity (Wildman–Crippen MR) is 83.7 cm³/mol. The first kappa shape index (κ1) is 17.4. The molecule has 0 bridgehead atoms. The fourth-order valence-corrected chi connectivity index (χ4v) is 1.77. The number of anilines is 1. The molecule has 0 aliphatic heterocycles. The highest BCUT2D eigenvalue weighted by atomic mass is 16.5. The Bertz CT molecular complexity index is 449. The quantitative estimate of drug-likeness (QED) is 0.683. The zero-order valence-electron chi connectivity index (χ0n) is 13.4. The van der Waals surface area contributed by atoms with Crippen LogP contribution in [0.25, 0.3) is 0 Å². The molecule has 1 heterocycles. The van der Waals surface area contributed by atoms with Crippen LogP contribution in [0.5, 0.6) is 0 Å². The number of nitrogens with zero attached hydrogens (tertiary/aromatic N) is 2. The molecule has 0 saturated heterocycles. The Labute approximate surface area is 126 Å². The van der Waals surface area contributed by atoms with E-state index in [1.54, 1.807) is 6.20 Å². The van der Waals surface area contributed by atoms with Gasteiger partial charge in [0.05, 0.1) is 11.9 Å². The lowest BCUT2D eigenvalue weighted by Gasteiger charge is -2.12. The zero-order chi connectivity index (χ0) is 15.7. The molecule has 2 N–H and O–H groups in total. The molecular formula is C15H26N4O2. The van der Waals surface area contributed by atoms with Crippen molar-refractivity contribution in [3.8, 4) is 0 Å². The molecule has 0 radical (unpaired) electrons. The van der Waals surface area contributed by atoms with Gasteiger partial charge in [-0.3, -0.25) is 4.79 Å². The molecule has 1 amide bonds. The standard InChI is InChI=1S/C15H26N4O2/c1-5-16-12-10-18-14(11(3)4)19-13(12)15(20)17-8-7-9-21-6-2/h10-11,16H,5-9H2,1-4H3,(H,17,20). The van der Waals surface area contributed by atoms with Crippen molar-refractivity contribution in [3.63, 3.8) is 0 Å². The molecule has 0 atom stereocenters. The summed E-state index contributed by atoms with van der Waals surface area (Å²) in [6, 6.07) is 0. The number of hydrogen-bond acceptors (Lipinski definition) is 5. The van der Waals surface area contributed by atoms with Gasteiger partial charge in [-0.1, -0.05) is 13.8 Å². The Morgan fingerprint density at radius 2 is 2.14 bits per heavy atom. The summed E-state index contributed by atoms with van der Waals surface area (Å²) in [6.07, 6.45) is 2.47. The van der Waals surface area contributed by atoms with Gasteiger partial charge in [0.2, 0.25) is 0 Å². The molecule has 0 aromatic carbocycles. The average molecular weight is 294 g/mol. The molecule has 0 saturated carbocycles. The summed E-state index contributed by atoms with van der Waals surface area (Å²) in [5, 5.41) is 6.00. The van der Waals surface area contributed by atoms with E-state index in [2.05, 4.69) is 20.6 Å². The van der Waals surface area contributed by atoms with E-state index in [0.29, 0.717) is 37.0 Å². The van der Waals surface area contributed by atoms with E-state index >= 15 is 0 Å². The molecule has 0 unspecified atom stereocenters. The van der Waals surface area contributed by atoms with Crippen molar-refractivity contribution in [2.75, 3.05) is 31.6 Å². The minimum Gasteiger partial charge on any atom is -0.382 e. The van der Waals surface area contributed by atoms with Crippen LogP contribution in [0, 0.1) is 0 Å². The number of carbonyl (C=O) groups is 1. The van der Waals surface area contributed by atoms with E-state index < -0.39 is 0 Å². The average Bonchev–Trinajstić information content (AvgIpc) is 2.47. The summed E-state index contributed by atoms with van der Waals surface area (Å²) < 4.78 is 5.24. The first-order chi connectivity index (χ1) is 10.1. The van der Waals surface area contributed by atoms with Gasteiger partial charge in [0.1, 0.15) is 5.82 Å². The van der Waals surface area contributed by atoms with Gasteiger partial charge in [0, 0.05) is 32.2 Å². The Balaban J connectivity index is 2.72. The molecule has 1 aromatic heterocycles. The number of carbonyl (C=O) groups excluding carboxylic acids is 1. The minimum absolute atomic E-state index is 0.174. The number of ether oxygens (including phenoxy) is 1. The van der Waals surface area contributed by atoms with Crippen molar-refractivity contribution in [2.24, 2.45) is 0 Å². The number of hydrogen-bond donors (Lipinski definition) is 2. The molecule has 0 fully saturated rings. The Hall–Kier alpha value is -1.69. The fraction of sp³-hybridized carbons (Fsp3) is 0.667. The summed E-state index contributed by atoms with van der Waals surface area (Å²) in [6.45, 7) is 10.6. The molecular weight excluding hydrogens is 268 g/mol. The predicted octanol–water partition coefficient (Wildman–Crippen LogP) is 2.19. The van der Waals surface area contributed by atoms with Gasteiger partial charge in [0.25, 0.3) is 5.91 Å². The summed E-state index contributed by atoms with van der Waals surface area (Å²) in [5.41, 5.74) is 1.08. The molecule has 6 nitrogen and oxygen atoms in total. The second-order valence-electron chi connectivity index (χ2n) is 4.98. The van der Waals surface area contributed by atoms with Crippen molar-refractivity contribution < 1.29 is 9.53 Å². The highest BCUT2D eigenvalue weighted by Crippen LogP contribution is 2.16. The first-order valence-corrected chi connectivity index (χ1v) is 7.56. The van der Waals surface area contributed by atoms with Crippen LogP contribution in [0.4, 0.5) is 5.69 Å². The molecule has 21 heavy (non-hydrogen) atoms. The van der Waals surface area contributed by atoms with Gasteiger partial charge in [-0.25, -0.2) is 9.97 Å². The van der Waals surface area contributed by atoms with Crippen LogP contribution < -0.4 is 10.6 Å². The largest absolute Gasteiger partial charge is 0.382 e. The van der Waals surface area contributed by atoms with E-state index in [1.165, 1.54) is 0 Å². The van der Waals surface area contributed by atoms with Crippen molar-refractivity contribution in [3.05, 3.63) is 17.7 Å². The highest BCUT2D eigenvalue weighted by Gasteiger charge is 2.15. The number of nitrogens with one attached hydrogen (secondary N) is 2. The maximum Gasteiger partial charge on any atom is 0.272 e. The van der Waals surface area contributed by atoms with Crippen LogP contribution in [0.15, 0.2) is 6.20 Å². The monoisotopic (exact) mass is 294 g/mol. The lowest BCUT2D eigenvalue weighted by Crippen LogP contribution is -2.28. The second kappa shape index (κ2) is 9.28. The summed E-state index contributed by atoms with van der Waals surface area (Å²) in [4.78, 5) is 20.9. The highest BCUT2D eigenvalue weighted by molar-refractivity contribution is 5.97. The number of rotatable bonds is 9. The van der Waals surface area contributed by atoms with Gasteiger partial charge >= 0.3 is 0 Å². The normalized spacial score (nSPS) is 10.7. The summed E-state index contributed by atoms with van der Waals surface area (Å²) in [7, 11) is 0. The summed E-state index contributed by atoms with van der Waals surface area (Å²) in [5.74, 6) is 0.688. The van der Waals surface area contributed by atoms with E-state index in [-0.39, 0.29) is 11.8 Å². The Kier molecular flexibility index (Phi) is 7.68. The zero-order valence-corrected chi connectivity index (χ0v) is 13.4. The maximum absolute atomic E-state index is 12.3. The Morgan fingerprint density at radius 1 is 1.38 bits per heavy atom. The van der Waals surface area contributed by atoms with Gasteiger partial charge in [-0.2, -0.15) is 0 Å². The molecule has 0 spiro atoms. The van der Waals surface area contributed by atoms with Crippen molar-refractivity contribution in [1.29, 1.82) is 0 Å². The van der Waals surface area contributed by atoms with Gasteiger partial charge in [-0.05, 0) is 20.3 Å². The molecule has 1 aromatic rings. The third-order valence-corrected chi connectivity index (χ3v) is 2.86. The minimum atomic E-state index is -0.174. The molecule has 1 rings (SSSR count). The van der Waals surface area contributed by atoms with E-state index in [0.717, 1.165) is 13.0 Å². The SMILES string of the molecule is CCNc1cnc(C(C)C)nc1C(=O)NCCCOCC. The van der Waals surface area contributed by atoms with Gasteiger partial charge in [0.15, 0.2) is 5.69 Å². The Morgan fingerprint density at radius 3 is 2.76 bits per heavy atom. The van der Waals surface area contributed by atoms with Crippen molar-refractivity contribution in [1.82, 2.24) is 15.3 Å². The molecule has 118 valence electrons. The van der Waals surface area contributed by atoms with Crippen LogP contribution >= 0.6 is 0 Å². The van der Waals surface area contributed by atoms with Crippen LogP contribution in [-0.4, -0.2) is 42.2 Å². The first-order valence-electron chi connectivity index (χ1n) is 7.56. The van der Waals surface area contributed by atoms with Crippen molar-refractivity contribution >= 4 is 11.6 Å². The molecule has 0 aliphatic carbocycles. The second-order valence-corrected chi connectivity index (χ2v) is 4.98. The van der Waals surface area contributed by atoms with Crippen molar-refractivity contribution in [2.45, 2.75) is 40.0 Å². The lowest BCUT2D eigenvalue weighted by atomic mass is 10.2. The fourth-order valence-electron chi connectivity index (χ4n) is 1.77. The van der Waals surface area contributed by atoms with Crippen LogP contribution in [0.1, 0.15) is 56.3 Å². The smallest absolute Gasteiger partial charge is 0.272 e. The van der Waals surface area contributed by atoms with Gasteiger partial charge < -0.3 is 15.4 Å². The van der Waals surface area contributed by atoms with E-state index in [4.69, 9.17) is 4.74 Å². The molecule has 0 aliphatic rings. The van der Waals surface area contributed by atoms with E-state index in [9.17, 15) is 4.79 Å². The topological polar surface area (TPSA) is 76.1 Å². The van der Waals surface area contributed by atoms with E-state index in [1.807, 2.05) is 27.7 Å². The summed E-state index contributed by atoms with van der Waals surface area (Å²) >= 11 is 0. The maximum atomic E-state index is 12.3. The number of aromatic nitrogens is 2. The van der Waals surface area contributed by atoms with Crippen LogP contribution in [0.3, 0.4) is 0 Å². The van der Waals surface area contributed by atoms with Crippen LogP contribution in [-0.2, 0) is 4.74 Å².